The molecule has 4 nitrogen and oxygen atoms in total. The zero-order chi connectivity index (χ0) is 12.8. The number of nitrogens with zero attached hydrogens (tertiary/aromatic N) is 2. The number of ether oxygens (including phenoxy) is 1. The van der Waals surface area contributed by atoms with E-state index in [2.05, 4.69) is 28.3 Å². The molecule has 0 aromatic carbocycles. The summed E-state index contributed by atoms with van der Waals surface area (Å²) in [4.78, 5) is 6.75. The third-order valence-corrected chi connectivity index (χ3v) is 3.71. The van der Waals surface area contributed by atoms with Crippen LogP contribution in [0.15, 0.2) is 24.4 Å². The zero-order valence-corrected chi connectivity index (χ0v) is 11.3. The monoisotopic (exact) mass is 249 g/mol. The van der Waals surface area contributed by atoms with Gasteiger partial charge in [-0.25, -0.2) is 0 Å². The molecule has 0 aliphatic carbocycles. The normalized spacial score (nSPS) is 24.4. The van der Waals surface area contributed by atoms with Gasteiger partial charge in [0.2, 0.25) is 0 Å². The van der Waals surface area contributed by atoms with Crippen LogP contribution in [0.1, 0.15) is 12.1 Å². The molecule has 2 rings (SSSR count). The zero-order valence-electron chi connectivity index (χ0n) is 11.3. The Morgan fingerprint density at radius 1 is 1.50 bits per heavy atom. The Kier molecular flexibility index (Phi) is 5.11. The highest BCUT2D eigenvalue weighted by atomic mass is 16.5. The number of aromatic nitrogens is 1. The molecule has 1 aliphatic rings. The first-order valence-corrected chi connectivity index (χ1v) is 6.66. The summed E-state index contributed by atoms with van der Waals surface area (Å²) < 4.78 is 5.59. The van der Waals surface area contributed by atoms with E-state index in [1.807, 2.05) is 25.4 Å². The Balaban J connectivity index is 1.85. The summed E-state index contributed by atoms with van der Waals surface area (Å²) in [6.45, 7) is 2.71. The van der Waals surface area contributed by atoms with E-state index >= 15 is 0 Å². The van der Waals surface area contributed by atoms with Gasteiger partial charge in [0, 0.05) is 43.5 Å². The van der Waals surface area contributed by atoms with Crippen molar-refractivity contribution in [2.75, 3.05) is 33.9 Å². The van der Waals surface area contributed by atoms with Crippen molar-refractivity contribution in [3.8, 4) is 0 Å². The lowest BCUT2D eigenvalue weighted by Gasteiger charge is -2.37. The van der Waals surface area contributed by atoms with Crippen LogP contribution in [-0.4, -0.2) is 55.8 Å². The fourth-order valence-corrected chi connectivity index (χ4v) is 2.50. The van der Waals surface area contributed by atoms with E-state index < -0.39 is 0 Å². The van der Waals surface area contributed by atoms with Crippen molar-refractivity contribution in [2.24, 2.45) is 0 Å². The second-order valence-electron chi connectivity index (χ2n) is 4.88. The molecule has 100 valence electrons. The van der Waals surface area contributed by atoms with Crippen molar-refractivity contribution in [3.63, 3.8) is 0 Å². The number of likely N-dealkylation sites (N-methyl/N-ethyl adjacent to an activating group) is 2. The molecule has 1 aromatic heterocycles. The van der Waals surface area contributed by atoms with Gasteiger partial charge in [0.05, 0.1) is 6.61 Å². The minimum absolute atomic E-state index is 0.465. The number of hydrogen-bond donors (Lipinski definition) is 1. The first-order chi connectivity index (χ1) is 8.81. The minimum atomic E-state index is 0.465. The predicted octanol–water partition coefficient (Wildman–Crippen LogP) is 0.933. The molecule has 0 radical (unpaired) electrons. The van der Waals surface area contributed by atoms with Crippen molar-refractivity contribution >= 4 is 0 Å². The molecule has 18 heavy (non-hydrogen) atoms. The summed E-state index contributed by atoms with van der Waals surface area (Å²) in [5, 5.41) is 3.40. The lowest BCUT2D eigenvalue weighted by molar-refractivity contribution is 0.00819. The maximum atomic E-state index is 5.59. The van der Waals surface area contributed by atoms with E-state index in [0.29, 0.717) is 12.1 Å². The van der Waals surface area contributed by atoms with Gasteiger partial charge in [-0.3, -0.25) is 9.88 Å². The maximum absolute atomic E-state index is 5.59. The van der Waals surface area contributed by atoms with Crippen LogP contribution in [-0.2, 0) is 11.2 Å². The van der Waals surface area contributed by atoms with Crippen molar-refractivity contribution < 1.29 is 4.74 Å². The molecule has 2 heterocycles. The molecular weight excluding hydrogens is 226 g/mol. The quantitative estimate of drug-likeness (QED) is 0.842. The van der Waals surface area contributed by atoms with E-state index in [-0.39, 0.29) is 0 Å². The Morgan fingerprint density at radius 3 is 3.11 bits per heavy atom. The standard InChI is InChI=1S/C14H23N3O/c1-15-13-7-10-18-11-14(13)17(2)9-6-12-5-3-4-8-16-12/h3-5,8,13-15H,6-7,9-11H2,1-2H3. The van der Waals surface area contributed by atoms with Gasteiger partial charge in [-0.05, 0) is 32.6 Å². The number of nitrogens with one attached hydrogen (secondary N) is 1. The van der Waals surface area contributed by atoms with Crippen LogP contribution in [0.4, 0.5) is 0 Å². The van der Waals surface area contributed by atoms with Crippen LogP contribution >= 0.6 is 0 Å². The van der Waals surface area contributed by atoms with Crippen LogP contribution in [0.25, 0.3) is 0 Å². The average Bonchev–Trinajstić information content (AvgIpc) is 2.45. The molecule has 1 saturated heterocycles. The number of rotatable bonds is 5. The fourth-order valence-electron chi connectivity index (χ4n) is 2.50. The molecule has 2 unspecified atom stereocenters. The Labute approximate surface area is 109 Å². The minimum Gasteiger partial charge on any atom is -0.380 e. The van der Waals surface area contributed by atoms with Gasteiger partial charge >= 0.3 is 0 Å². The van der Waals surface area contributed by atoms with E-state index in [4.69, 9.17) is 4.74 Å². The Morgan fingerprint density at radius 2 is 2.39 bits per heavy atom. The smallest absolute Gasteiger partial charge is 0.0636 e. The number of pyridine rings is 1. The highest BCUT2D eigenvalue weighted by molar-refractivity contribution is 5.04. The van der Waals surface area contributed by atoms with Gasteiger partial charge in [0.1, 0.15) is 0 Å². The van der Waals surface area contributed by atoms with Gasteiger partial charge in [-0.15, -0.1) is 0 Å². The lowest BCUT2D eigenvalue weighted by Crippen LogP contribution is -2.53. The van der Waals surface area contributed by atoms with E-state index in [9.17, 15) is 0 Å². The van der Waals surface area contributed by atoms with Crippen LogP contribution in [0.2, 0.25) is 0 Å². The van der Waals surface area contributed by atoms with Gasteiger partial charge in [0.25, 0.3) is 0 Å². The second-order valence-corrected chi connectivity index (χ2v) is 4.88. The molecule has 1 N–H and O–H groups in total. The fraction of sp³-hybridized carbons (Fsp3) is 0.643. The van der Waals surface area contributed by atoms with E-state index in [1.54, 1.807) is 0 Å². The summed E-state index contributed by atoms with van der Waals surface area (Å²) in [6, 6.07) is 7.09. The molecule has 1 aliphatic heterocycles. The summed E-state index contributed by atoms with van der Waals surface area (Å²) in [5.41, 5.74) is 1.15. The third-order valence-electron chi connectivity index (χ3n) is 3.71. The van der Waals surface area contributed by atoms with Gasteiger partial charge < -0.3 is 10.1 Å². The van der Waals surface area contributed by atoms with Crippen molar-refractivity contribution in [1.82, 2.24) is 15.2 Å². The summed E-state index contributed by atoms with van der Waals surface area (Å²) in [6.07, 6.45) is 3.94. The van der Waals surface area contributed by atoms with Crippen molar-refractivity contribution in [2.45, 2.75) is 24.9 Å². The third kappa shape index (κ3) is 3.51. The summed E-state index contributed by atoms with van der Waals surface area (Å²) in [7, 11) is 4.21. The predicted molar refractivity (Wildman–Crippen MR) is 72.6 cm³/mol. The molecule has 0 spiro atoms. The molecule has 1 fully saturated rings. The van der Waals surface area contributed by atoms with Crippen molar-refractivity contribution in [1.29, 1.82) is 0 Å². The van der Waals surface area contributed by atoms with E-state index in [0.717, 1.165) is 38.3 Å². The first-order valence-electron chi connectivity index (χ1n) is 6.66. The average molecular weight is 249 g/mol. The van der Waals surface area contributed by atoms with Crippen LogP contribution in [0.3, 0.4) is 0 Å². The number of hydrogen-bond acceptors (Lipinski definition) is 4. The first kappa shape index (κ1) is 13.5. The van der Waals surface area contributed by atoms with Crippen LogP contribution < -0.4 is 5.32 Å². The molecule has 0 amide bonds. The van der Waals surface area contributed by atoms with Crippen LogP contribution in [0.5, 0.6) is 0 Å². The van der Waals surface area contributed by atoms with E-state index in [1.165, 1.54) is 0 Å². The molecule has 4 heteroatoms. The second kappa shape index (κ2) is 6.83. The molecular formula is C14H23N3O. The van der Waals surface area contributed by atoms with Crippen LogP contribution in [0, 0.1) is 0 Å². The van der Waals surface area contributed by atoms with Gasteiger partial charge in [-0.1, -0.05) is 6.07 Å². The largest absolute Gasteiger partial charge is 0.380 e. The van der Waals surface area contributed by atoms with Crippen molar-refractivity contribution in [3.05, 3.63) is 30.1 Å². The van der Waals surface area contributed by atoms with Gasteiger partial charge in [-0.2, -0.15) is 0 Å². The molecule has 0 saturated carbocycles. The topological polar surface area (TPSA) is 37.4 Å². The van der Waals surface area contributed by atoms with Gasteiger partial charge in [0.15, 0.2) is 0 Å². The SMILES string of the molecule is CNC1CCOCC1N(C)CCc1ccccn1. The highest BCUT2D eigenvalue weighted by Gasteiger charge is 2.27. The lowest BCUT2D eigenvalue weighted by atomic mass is 10.0. The summed E-state index contributed by atoms with van der Waals surface area (Å²) in [5.74, 6) is 0. The molecule has 1 aromatic rings. The Hall–Kier alpha value is -0.970. The maximum Gasteiger partial charge on any atom is 0.0636 e. The molecule has 0 bridgehead atoms. The highest BCUT2D eigenvalue weighted by Crippen LogP contribution is 2.13. The summed E-state index contributed by atoms with van der Waals surface area (Å²) >= 11 is 0. The Bertz CT molecular complexity index is 344. The molecule has 2 atom stereocenters.